The maximum atomic E-state index is 13.2. The van der Waals surface area contributed by atoms with Crippen molar-refractivity contribution in [1.29, 1.82) is 0 Å². The number of hydrogen-bond donors (Lipinski definition) is 1. The van der Waals surface area contributed by atoms with Gasteiger partial charge in [0.1, 0.15) is 16.8 Å². The van der Waals surface area contributed by atoms with Gasteiger partial charge in [0.25, 0.3) is 0 Å². The number of benzene rings is 2. The molecule has 2 aromatic heterocycles. The number of nitrogens with one attached hydrogen (secondary N) is 1. The van der Waals surface area contributed by atoms with Crippen LogP contribution in [0.15, 0.2) is 76.5 Å². The van der Waals surface area contributed by atoms with Gasteiger partial charge in [0.05, 0.1) is 11.8 Å². The molecule has 158 valence electrons. The number of thioether (sulfide) groups is 1. The Morgan fingerprint density at radius 1 is 1.13 bits per heavy atom. The molecule has 0 aliphatic carbocycles. The molecule has 0 spiro atoms. The van der Waals surface area contributed by atoms with Crippen molar-refractivity contribution in [2.24, 2.45) is 0 Å². The van der Waals surface area contributed by atoms with Crippen LogP contribution in [0.25, 0.3) is 11.4 Å². The van der Waals surface area contributed by atoms with Gasteiger partial charge in [-0.3, -0.25) is 4.79 Å². The molecule has 4 aromatic rings. The molecule has 0 aliphatic rings. The third-order valence-electron chi connectivity index (χ3n) is 4.81. The fraction of sp³-hybridized carbons (Fsp3) is 0.174. The van der Waals surface area contributed by atoms with Crippen molar-refractivity contribution < 1.29 is 13.6 Å². The summed E-state index contributed by atoms with van der Waals surface area (Å²) in [6.45, 7) is 4.51. The van der Waals surface area contributed by atoms with Crippen molar-refractivity contribution in [1.82, 2.24) is 14.8 Å². The average molecular weight is 437 g/mol. The van der Waals surface area contributed by atoms with E-state index in [1.54, 1.807) is 6.26 Å². The number of nitrogens with zero attached hydrogens (tertiary/aromatic N) is 3. The maximum Gasteiger partial charge on any atom is 0.242 e. The molecule has 1 amide bonds. The second-order valence-corrected chi connectivity index (χ2v) is 7.92. The van der Waals surface area contributed by atoms with E-state index < -0.39 is 5.25 Å². The Kier molecular flexibility index (Phi) is 6.18. The highest BCUT2D eigenvalue weighted by Crippen LogP contribution is 2.37. The van der Waals surface area contributed by atoms with Gasteiger partial charge in [-0.15, -0.1) is 10.2 Å². The van der Waals surface area contributed by atoms with E-state index in [9.17, 15) is 9.18 Å². The Balaban J connectivity index is 1.66. The Bertz CT molecular complexity index is 1170. The molecular formula is C23H21FN4O2S. The number of anilines is 1. The monoisotopic (exact) mass is 436 g/mol. The SMILES string of the molecule is CCn1c(S[C@@H](C(=O)Nc2ccc(F)cc2)c2ccccc2)nnc1-c1ccoc1C. The molecule has 0 saturated heterocycles. The highest BCUT2D eigenvalue weighted by molar-refractivity contribution is 8.00. The van der Waals surface area contributed by atoms with E-state index in [1.165, 1.54) is 36.0 Å². The van der Waals surface area contributed by atoms with Gasteiger partial charge in [0.2, 0.25) is 5.91 Å². The number of carbonyl (C=O) groups is 1. The summed E-state index contributed by atoms with van der Waals surface area (Å²) in [5.74, 6) is 0.869. The third kappa shape index (κ3) is 4.54. The lowest BCUT2D eigenvalue weighted by molar-refractivity contribution is -0.115. The fourth-order valence-corrected chi connectivity index (χ4v) is 4.33. The van der Waals surface area contributed by atoms with Crippen LogP contribution in [0.4, 0.5) is 10.1 Å². The molecule has 8 heteroatoms. The van der Waals surface area contributed by atoms with Crippen molar-refractivity contribution in [3.63, 3.8) is 0 Å². The molecule has 0 bridgehead atoms. The van der Waals surface area contributed by atoms with Crippen LogP contribution in [-0.4, -0.2) is 20.7 Å². The number of carbonyl (C=O) groups excluding carboxylic acids is 1. The summed E-state index contributed by atoms with van der Waals surface area (Å²) in [6.07, 6.45) is 1.62. The first-order valence-corrected chi connectivity index (χ1v) is 10.7. The highest BCUT2D eigenvalue weighted by Gasteiger charge is 2.26. The molecule has 0 fully saturated rings. The summed E-state index contributed by atoms with van der Waals surface area (Å²) in [5, 5.41) is 11.6. The number of rotatable bonds is 7. The van der Waals surface area contributed by atoms with Gasteiger partial charge >= 0.3 is 0 Å². The lowest BCUT2D eigenvalue weighted by Crippen LogP contribution is -2.19. The number of aromatic nitrogens is 3. The molecule has 4 rings (SSSR count). The minimum absolute atomic E-state index is 0.227. The van der Waals surface area contributed by atoms with Crippen LogP contribution in [-0.2, 0) is 11.3 Å². The minimum atomic E-state index is -0.570. The maximum absolute atomic E-state index is 13.2. The zero-order valence-corrected chi connectivity index (χ0v) is 17.9. The summed E-state index contributed by atoms with van der Waals surface area (Å²) in [4.78, 5) is 13.2. The van der Waals surface area contributed by atoms with E-state index in [2.05, 4.69) is 15.5 Å². The van der Waals surface area contributed by atoms with Gasteiger partial charge in [-0.05, 0) is 49.7 Å². The lowest BCUT2D eigenvalue weighted by atomic mass is 10.1. The van der Waals surface area contributed by atoms with E-state index in [-0.39, 0.29) is 11.7 Å². The number of aryl methyl sites for hydroxylation is 1. The van der Waals surface area contributed by atoms with Crippen LogP contribution in [0, 0.1) is 12.7 Å². The Labute approximate surface area is 183 Å². The fourth-order valence-electron chi connectivity index (χ4n) is 3.22. The van der Waals surface area contributed by atoms with Gasteiger partial charge in [-0.1, -0.05) is 42.1 Å². The molecule has 6 nitrogen and oxygen atoms in total. The molecule has 0 saturated carbocycles. The minimum Gasteiger partial charge on any atom is -0.469 e. The van der Waals surface area contributed by atoms with Gasteiger partial charge < -0.3 is 14.3 Å². The van der Waals surface area contributed by atoms with Crippen molar-refractivity contribution in [2.75, 3.05) is 5.32 Å². The first-order valence-electron chi connectivity index (χ1n) is 9.82. The number of halogens is 1. The summed E-state index contributed by atoms with van der Waals surface area (Å²) >= 11 is 1.32. The first kappa shape index (κ1) is 20.9. The normalized spacial score (nSPS) is 12.0. The van der Waals surface area contributed by atoms with E-state index in [1.807, 2.05) is 54.8 Å². The summed E-state index contributed by atoms with van der Waals surface area (Å²) in [7, 11) is 0. The lowest BCUT2D eigenvalue weighted by Gasteiger charge is -2.17. The third-order valence-corrected chi connectivity index (χ3v) is 6.04. The zero-order chi connectivity index (χ0) is 21.8. The average Bonchev–Trinajstić information content (AvgIpc) is 3.39. The zero-order valence-electron chi connectivity index (χ0n) is 17.1. The van der Waals surface area contributed by atoms with Crippen LogP contribution < -0.4 is 5.32 Å². The van der Waals surface area contributed by atoms with Crippen LogP contribution >= 0.6 is 11.8 Å². The largest absolute Gasteiger partial charge is 0.469 e. The molecular weight excluding hydrogens is 415 g/mol. The molecule has 0 aliphatic heterocycles. The molecule has 0 unspecified atom stereocenters. The van der Waals surface area contributed by atoms with Crippen LogP contribution in [0.1, 0.15) is 23.5 Å². The molecule has 31 heavy (non-hydrogen) atoms. The van der Waals surface area contributed by atoms with Gasteiger partial charge in [-0.2, -0.15) is 0 Å². The van der Waals surface area contributed by atoms with Gasteiger partial charge in [0.15, 0.2) is 11.0 Å². The second kappa shape index (κ2) is 9.18. The predicted molar refractivity (Wildman–Crippen MR) is 118 cm³/mol. The number of amides is 1. The van der Waals surface area contributed by atoms with Crippen LogP contribution in [0.2, 0.25) is 0 Å². The summed E-state index contributed by atoms with van der Waals surface area (Å²) < 4.78 is 20.6. The van der Waals surface area contributed by atoms with E-state index in [0.29, 0.717) is 23.2 Å². The summed E-state index contributed by atoms with van der Waals surface area (Å²) in [6, 6.07) is 17.0. The van der Waals surface area contributed by atoms with Gasteiger partial charge in [0, 0.05) is 12.2 Å². The number of furan rings is 1. The smallest absolute Gasteiger partial charge is 0.242 e. The van der Waals surface area contributed by atoms with Crippen molar-refractivity contribution in [3.8, 4) is 11.4 Å². The Morgan fingerprint density at radius 3 is 2.52 bits per heavy atom. The first-order chi connectivity index (χ1) is 15.1. The van der Waals surface area contributed by atoms with Crippen LogP contribution in [0.5, 0.6) is 0 Å². The molecule has 0 radical (unpaired) electrons. The second-order valence-electron chi connectivity index (χ2n) is 6.85. The highest BCUT2D eigenvalue weighted by atomic mass is 32.2. The Hall–Kier alpha value is -3.39. The summed E-state index contributed by atoms with van der Waals surface area (Å²) in [5.41, 5.74) is 2.23. The topological polar surface area (TPSA) is 73.0 Å². The molecule has 2 aromatic carbocycles. The van der Waals surface area contributed by atoms with E-state index in [4.69, 9.17) is 4.42 Å². The molecule has 1 atom stereocenters. The van der Waals surface area contributed by atoms with Crippen molar-refractivity contribution in [3.05, 3.63) is 84.1 Å². The number of hydrogen-bond acceptors (Lipinski definition) is 5. The van der Waals surface area contributed by atoms with E-state index >= 15 is 0 Å². The quantitative estimate of drug-likeness (QED) is 0.389. The van der Waals surface area contributed by atoms with Crippen LogP contribution in [0.3, 0.4) is 0 Å². The molecule has 1 N–H and O–H groups in total. The van der Waals surface area contributed by atoms with Gasteiger partial charge in [-0.25, -0.2) is 4.39 Å². The van der Waals surface area contributed by atoms with Crippen molar-refractivity contribution in [2.45, 2.75) is 30.8 Å². The standard InChI is InChI=1S/C23H21FN4O2S/c1-3-28-21(19-13-14-30-15(19)2)26-27-23(28)31-20(16-7-5-4-6-8-16)22(29)25-18-11-9-17(24)10-12-18/h4-14,20H,3H2,1-2H3,(H,25,29)/t20-/m1/s1. The Morgan fingerprint density at radius 2 is 1.87 bits per heavy atom. The predicted octanol–water partition coefficient (Wildman–Crippen LogP) is 5.48. The molecule has 2 heterocycles. The van der Waals surface area contributed by atoms with E-state index in [0.717, 1.165) is 16.9 Å². The van der Waals surface area contributed by atoms with Crippen molar-refractivity contribution >= 4 is 23.4 Å².